The minimum Gasteiger partial charge on any atom is -0.329 e. The minimum atomic E-state index is -0.325. The van der Waals surface area contributed by atoms with Gasteiger partial charge in [0.1, 0.15) is 11.6 Å². The van der Waals surface area contributed by atoms with Gasteiger partial charge in [0.15, 0.2) is 0 Å². The zero-order chi connectivity index (χ0) is 17.6. The zero-order valence-electron chi connectivity index (χ0n) is 13.7. The molecule has 1 saturated heterocycles. The maximum atomic E-state index is 12.9. The Bertz CT molecular complexity index is 783. The van der Waals surface area contributed by atoms with Gasteiger partial charge in [-0.1, -0.05) is 18.1 Å². The lowest BCUT2D eigenvalue weighted by Gasteiger charge is -2.33. The molecule has 5 heteroatoms. The average Bonchev–Trinajstić information content (AvgIpc) is 2.63. The van der Waals surface area contributed by atoms with Crippen LogP contribution in [0.25, 0.3) is 0 Å². The molecule has 2 aromatic rings. The van der Waals surface area contributed by atoms with Crippen molar-refractivity contribution < 1.29 is 13.6 Å². The Balaban J connectivity index is 1.51. The lowest BCUT2D eigenvalue weighted by molar-refractivity contribution is -0.126. The van der Waals surface area contributed by atoms with Gasteiger partial charge in [0, 0.05) is 44.2 Å². The molecule has 0 saturated carbocycles. The number of nitrogens with zero attached hydrogens (tertiary/aromatic N) is 2. The zero-order valence-corrected chi connectivity index (χ0v) is 13.7. The van der Waals surface area contributed by atoms with Gasteiger partial charge in [-0.3, -0.25) is 9.69 Å². The summed E-state index contributed by atoms with van der Waals surface area (Å²) in [5.74, 6) is 4.60. The molecule has 128 valence electrons. The Morgan fingerprint density at radius 1 is 0.880 bits per heavy atom. The molecule has 3 nitrogen and oxygen atoms in total. The van der Waals surface area contributed by atoms with E-state index in [1.807, 2.05) is 0 Å². The van der Waals surface area contributed by atoms with Crippen LogP contribution in [0.3, 0.4) is 0 Å². The van der Waals surface area contributed by atoms with Crippen LogP contribution in [-0.2, 0) is 11.3 Å². The van der Waals surface area contributed by atoms with Crippen molar-refractivity contribution in [1.29, 1.82) is 0 Å². The van der Waals surface area contributed by atoms with Crippen molar-refractivity contribution >= 4 is 5.91 Å². The summed E-state index contributed by atoms with van der Waals surface area (Å²) >= 11 is 0. The van der Waals surface area contributed by atoms with Crippen molar-refractivity contribution in [3.8, 4) is 11.8 Å². The van der Waals surface area contributed by atoms with Crippen molar-refractivity contribution in [2.24, 2.45) is 0 Å². The van der Waals surface area contributed by atoms with Crippen LogP contribution in [0.4, 0.5) is 8.78 Å². The van der Waals surface area contributed by atoms with E-state index in [0.717, 1.165) is 25.2 Å². The number of hydrogen-bond acceptors (Lipinski definition) is 2. The van der Waals surface area contributed by atoms with Crippen LogP contribution in [0.15, 0.2) is 48.5 Å². The first-order chi connectivity index (χ1) is 12.1. The highest BCUT2D eigenvalue weighted by molar-refractivity contribution is 5.94. The predicted octanol–water partition coefficient (Wildman–Crippen LogP) is 2.66. The number of carbonyl (C=O) groups is 1. The Morgan fingerprint density at radius 3 is 2.04 bits per heavy atom. The van der Waals surface area contributed by atoms with E-state index in [-0.39, 0.29) is 17.5 Å². The highest BCUT2D eigenvalue weighted by Crippen LogP contribution is 2.10. The Morgan fingerprint density at radius 2 is 1.44 bits per heavy atom. The molecular weight excluding hydrogens is 322 g/mol. The standard InChI is InChI=1S/C20H18F2N2O/c21-18-6-1-16(2-7-18)5-10-20(25)24-13-11-23(12-14-24)15-17-3-8-19(22)9-4-17/h1-4,6-9H,11-15H2. The summed E-state index contributed by atoms with van der Waals surface area (Å²) in [6, 6.07) is 12.2. The summed E-state index contributed by atoms with van der Waals surface area (Å²) < 4.78 is 25.8. The highest BCUT2D eigenvalue weighted by Gasteiger charge is 2.19. The first-order valence-electron chi connectivity index (χ1n) is 8.13. The van der Waals surface area contributed by atoms with E-state index in [0.29, 0.717) is 18.7 Å². The molecule has 0 atom stereocenters. The number of benzene rings is 2. The van der Waals surface area contributed by atoms with E-state index in [4.69, 9.17) is 0 Å². The molecule has 0 bridgehead atoms. The topological polar surface area (TPSA) is 23.6 Å². The third kappa shape index (κ3) is 4.88. The molecule has 3 rings (SSSR count). The predicted molar refractivity (Wildman–Crippen MR) is 91.5 cm³/mol. The van der Waals surface area contributed by atoms with Crippen molar-refractivity contribution in [2.75, 3.05) is 26.2 Å². The first-order valence-corrected chi connectivity index (χ1v) is 8.13. The molecule has 1 aliphatic rings. The van der Waals surface area contributed by atoms with Crippen molar-refractivity contribution in [2.45, 2.75) is 6.54 Å². The second-order valence-corrected chi connectivity index (χ2v) is 5.95. The van der Waals surface area contributed by atoms with Crippen LogP contribution in [-0.4, -0.2) is 41.9 Å². The lowest BCUT2D eigenvalue weighted by Crippen LogP contribution is -2.47. The van der Waals surface area contributed by atoms with E-state index in [2.05, 4.69) is 16.7 Å². The molecule has 2 aromatic carbocycles. The number of piperazine rings is 1. The third-order valence-electron chi connectivity index (χ3n) is 4.14. The van der Waals surface area contributed by atoms with E-state index < -0.39 is 0 Å². The summed E-state index contributed by atoms with van der Waals surface area (Å²) in [6.07, 6.45) is 0. The Hall–Kier alpha value is -2.71. The van der Waals surface area contributed by atoms with E-state index in [1.54, 1.807) is 29.2 Å². The number of amides is 1. The summed E-state index contributed by atoms with van der Waals surface area (Å²) in [7, 11) is 0. The highest BCUT2D eigenvalue weighted by atomic mass is 19.1. The Kier molecular flexibility index (Phi) is 5.42. The summed E-state index contributed by atoms with van der Waals surface area (Å²) in [6.45, 7) is 3.46. The SMILES string of the molecule is O=C(C#Cc1ccc(F)cc1)N1CCN(Cc2ccc(F)cc2)CC1. The molecule has 25 heavy (non-hydrogen) atoms. The molecule has 0 aromatic heterocycles. The summed E-state index contributed by atoms with van der Waals surface area (Å²) in [4.78, 5) is 16.1. The van der Waals surface area contributed by atoms with E-state index in [1.165, 1.54) is 24.3 Å². The largest absolute Gasteiger partial charge is 0.329 e. The fraction of sp³-hybridized carbons (Fsp3) is 0.250. The van der Waals surface area contributed by atoms with Gasteiger partial charge in [0.25, 0.3) is 5.91 Å². The van der Waals surface area contributed by atoms with Crippen LogP contribution < -0.4 is 0 Å². The van der Waals surface area contributed by atoms with Crippen molar-refractivity contribution in [3.05, 3.63) is 71.3 Å². The third-order valence-corrected chi connectivity index (χ3v) is 4.14. The summed E-state index contributed by atoms with van der Waals surface area (Å²) in [5, 5.41) is 0. The van der Waals surface area contributed by atoms with Gasteiger partial charge < -0.3 is 4.90 Å². The van der Waals surface area contributed by atoms with Gasteiger partial charge in [0.05, 0.1) is 0 Å². The van der Waals surface area contributed by atoms with Gasteiger partial charge in [-0.05, 0) is 42.0 Å². The fourth-order valence-corrected chi connectivity index (χ4v) is 2.70. The van der Waals surface area contributed by atoms with Crippen LogP contribution in [0.5, 0.6) is 0 Å². The van der Waals surface area contributed by atoms with Crippen molar-refractivity contribution in [3.63, 3.8) is 0 Å². The van der Waals surface area contributed by atoms with Crippen LogP contribution in [0.2, 0.25) is 0 Å². The van der Waals surface area contributed by atoms with Crippen LogP contribution >= 0.6 is 0 Å². The number of hydrogen-bond donors (Lipinski definition) is 0. The quantitative estimate of drug-likeness (QED) is 0.785. The first kappa shape index (κ1) is 17.1. The molecular formula is C20H18F2N2O. The number of carbonyl (C=O) groups excluding carboxylic acids is 1. The number of halogens is 2. The molecule has 0 aliphatic carbocycles. The van der Waals surface area contributed by atoms with Crippen LogP contribution in [0.1, 0.15) is 11.1 Å². The van der Waals surface area contributed by atoms with Gasteiger partial charge >= 0.3 is 0 Å². The Labute approximate surface area is 145 Å². The van der Waals surface area contributed by atoms with Crippen molar-refractivity contribution in [1.82, 2.24) is 9.80 Å². The smallest absolute Gasteiger partial charge is 0.298 e. The maximum absolute atomic E-state index is 12.9. The molecule has 1 amide bonds. The van der Waals surface area contributed by atoms with Crippen LogP contribution in [0, 0.1) is 23.5 Å². The molecule has 0 radical (unpaired) electrons. The minimum absolute atomic E-state index is 0.217. The fourth-order valence-electron chi connectivity index (χ4n) is 2.70. The molecule has 0 unspecified atom stereocenters. The van der Waals surface area contributed by atoms with Gasteiger partial charge in [-0.25, -0.2) is 8.78 Å². The van der Waals surface area contributed by atoms with E-state index in [9.17, 15) is 13.6 Å². The number of rotatable bonds is 2. The molecule has 1 fully saturated rings. The monoisotopic (exact) mass is 340 g/mol. The molecule has 0 N–H and O–H groups in total. The second kappa shape index (κ2) is 7.91. The van der Waals surface area contributed by atoms with Gasteiger partial charge in [-0.2, -0.15) is 0 Å². The normalized spacial score (nSPS) is 14.7. The lowest BCUT2D eigenvalue weighted by atomic mass is 10.2. The maximum Gasteiger partial charge on any atom is 0.298 e. The molecule has 0 spiro atoms. The average molecular weight is 340 g/mol. The van der Waals surface area contributed by atoms with Gasteiger partial charge in [0.2, 0.25) is 0 Å². The van der Waals surface area contributed by atoms with E-state index >= 15 is 0 Å². The molecule has 1 aliphatic heterocycles. The van der Waals surface area contributed by atoms with Gasteiger partial charge in [-0.15, -0.1) is 0 Å². The molecule has 1 heterocycles. The second-order valence-electron chi connectivity index (χ2n) is 5.95. The summed E-state index contributed by atoms with van der Waals surface area (Å²) in [5.41, 5.74) is 1.67.